The fourth-order valence-electron chi connectivity index (χ4n) is 4.06. The monoisotopic (exact) mass is 476 g/mol. The maximum Gasteiger partial charge on any atom is 0.293 e. The van der Waals surface area contributed by atoms with Gasteiger partial charge in [-0.3, -0.25) is 10.1 Å². The Hall–Kier alpha value is -4.42. The maximum atomic E-state index is 13.2. The standard InChI is InChI=1S/C29H20N2O3S/c32-28(31-29-30-25(18-35-29)21-15-14-19-8-4-5-9-20(19)16-21)27-24(17-33-22-10-2-1-3-11-22)23-12-6-7-13-26(23)34-27/h1-16,18H,17H2,(H,30,31,32). The number of thiazole rings is 1. The Kier molecular flexibility index (Phi) is 5.48. The summed E-state index contributed by atoms with van der Waals surface area (Å²) in [6.45, 7) is 0.212. The molecule has 2 aromatic heterocycles. The predicted octanol–water partition coefficient (Wildman–Crippen LogP) is 7.54. The van der Waals surface area contributed by atoms with Gasteiger partial charge in [0, 0.05) is 21.9 Å². The van der Waals surface area contributed by atoms with E-state index in [1.54, 1.807) is 0 Å². The van der Waals surface area contributed by atoms with Gasteiger partial charge < -0.3 is 9.15 Å². The summed E-state index contributed by atoms with van der Waals surface area (Å²) in [5.74, 6) is 0.598. The molecule has 5 nitrogen and oxygen atoms in total. The second-order valence-corrected chi connectivity index (χ2v) is 8.92. The number of hydrogen-bond donors (Lipinski definition) is 1. The minimum Gasteiger partial charge on any atom is -0.489 e. The Bertz CT molecular complexity index is 1650. The predicted molar refractivity (Wildman–Crippen MR) is 140 cm³/mol. The molecule has 6 rings (SSSR count). The van der Waals surface area contributed by atoms with Crippen molar-refractivity contribution in [3.63, 3.8) is 0 Å². The first-order valence-electron chi connectivity index (χ1n) is 11.2. The molecule has 0 radical (unpaired) electrons. The quantitative estimate of drug-likeness (QED) is 0.270. The van der Waals surface area contributed by atoms with Gasteiger partial charge in [-0.2, -0.15) is 0 Å². The van der Waals surface area contributed by atoms with Crippen LogP contribution in [-0.4, -0.2) is 10.9 Å². The smallest absolute Gasteiger partial charge is 0.293 e. The second kappa shape index (κ2) is 9.08. The van der Waals surface area contributed by atoms with E-state index in [1.807, 2.05) is 78.2 Å². The van der Waals surface area contributed by atoms with Crippen LogP contribution in [0.1, 0.15) is 16.1 Å². The first-order chi connectivity index (χ1) is 17.2. The van der Waals surface area contributed by atoms with E-state index in [0.717, 1.165) is 27.8 Å². The Morgan fingerprint density at radius 2 is 1.66 bits per heavy atom. The lowest BCUT2D eigenvalue weighted by molar-refractivity contribution is 0.0995. The average Bonchev–Trinajstić information content (AvgIpc) is 3.52. The normalized spacial score (nSPS) is 11.1. The Balaban J connectivity index is 1.26. The van der Waals surface area contributed by atoms with Crippen molar-refractivity contribution in [2.75, 3.05) is 5.32 Å². The third-order valence-electron chi connectivity index (χ3n) is 5.80. The number of hydrogen-bond acceptors (Lipinski definition) is 5. The summed E-state index contributed by atoms with van der Waals surface area (Å²) in [6, 6.07) is 31.5. The largest absolute Gasteiger partial charge is 0.489 e. The van der Waals surface area contributed by atoms with Crippen LogP contribution >= 0.6 is 11.3 Å². The first kappa shape index (κ1) is 21.1. The second-order valence-electron chi connectivity index (χ2n) is 8.06. The maximum absolute atomic E-state index is 13.2. The van der Waals surface area contributed by atoms with Crippen LogP contribution in [0.25, 0.3) is 33.0 Å². The van der Waals surface area contributed by atoms with E-state index in [-0.39, 0.29) is 18.3 Å². The summed E-state index contributed by atoms with van der Waals surface area (Å²) >= 11 is 1.38. The molecule has 4 aromatic carbocycles. The number of carbonyl (C=O) groups excluding carboxylic acids is 1. The van der Waals surface area contributed by atoms with Crippen molar-refractivity contribution in [1.29, 1.82) is 0 Å². The molecule has 35 heavy (non-hydrogen) atoms. The molecule has 1 amide bonds. The van der Waals surface area contributed by atoms with Gasteiger partial charge in [-0.15, -0.1) is 11.3 Å². The van der Waals surface area contributed by atoms with Gasteiger partial charge in [0.1, 0.15) is 17.9 Å². The molecule has 6 heteroatoms. The third-order valence-corrected chi connectivity index (χ3v) is 6.56. The molecular weight excluding hydrogens is 456 g/mol. The number of rotatable bonds is 6. The summed E-state index contributed by atoms with van der Waals surface area (Å²) in [4.78, 5) is 17.9. The van der Waals surface area contributed by atoms with Gasteiger partial charge in [-0.05, 0) is 35.0 Å². The van der Waals surface area contributed by atoms with Gasteiger partial charge in [-0.25, -0.2) is 4.98 Å². The fourth-order valence-corrected chi connectivity index (χ4v) is 4.78. The number of benzene rings is 4. The van der Waals surface area contributed by atoms with Crippen molar-refractivity contribution in [2.24, 2.45) is 0 Å². The van der Waals surface area contributed by atoms with E-state index in [9.17, 15) is 4.79 Å². The molecule has 0 spiro atoms. The van der Waals surface area contributed by atoms with Gasteiger partial charge in [0.2, 0.25) is 0 Å². The molecule has 0 aliphatic carbocycles. The van der Waals surface area contributed by atoms with Crippen molar-refractivity contribution >= 4 is 44.1 Å². The van der Waals surface area contributed by atoms with Gasteiger partial charge in [0.25, 0.3) is 5.91 Å². The van der Waals surface area contributed by atoms with Gasteiger partial charge in [0.05, 0.1) is 5.69 Å². The molecule has 1 N–H and O–H groups in total. The van der Waals surface area contributed by atoms with Crippen LogP contribution in [0.15, 0.2) is 107 Å². The van der Waals surface area contributed by atoms with Gasteiger partial charge in [0.15, 0.2) is 10.9 Å². The van der Waals surface area contributed by atoms with Crippen molar-refractivity contribution in [3.8, 4) is 17.0 Å². The minimum absolute atomic E-state index is 0.212. The molecule has 0 saturated carbocycles. The van der Waals surface area contributed by atoms with E-state index in [0.29, 0.717) is 16.3 Å². The van der Waals surface area contributed by atoms with Crippen LogP contribution in [-0.2, 0) is 6.61 Å². The Labute approximate surface area is 205 Å². The fraction of sp³-hybridized carbons (Fsp3) is 0.0345. The summed E-state index contributed by atoms with van der Waals surface area (Å²) in [5.41, 5.74) is 3.16. The highest BCUT2D eigenvalue weighted by Gasteiger charge is 2.22. The van der Waals surface area contributed by atoms with Crippen LogP contribution in [0.2, 0.25) is 0 Å². The average molecular weight is 477 g/mol. The van der Waals surface area contributed by atoms with Crippen LogP contribution in [0.3, 0.4) is 0 Å². The van der Waals surface area contributed by atoms with Crippen LogP contribution in [0.5, 0.6) is 5.75 Å². The zero-order valence-corrected chi connectivity index (χ0v) is 19.4. The number of anilines is 1. The molecule has 6 aromatic rings. The summed E-state index contributed by atoms with van der Waals surface area (Å²) in [6.07, 6.45) is 0. The molecule has 0 unspecified atom stereocenters. The number of para-hydroxylation sites is 2. The summed E-state index contributed by atoms with van der Waals surface area (Å²) in [5, 5.41) is 8.53. The van der Waals surface area contributed by atoms with E-state index in [2.05, 4.69) is 34.6 Å². The van der Waals surface area contributed by atoms with Crippen molar-refractivity contribution in [1.82, 2.24) is 4.98 Å². The minimum atomic E-state index is -0.354. The van der Waals surface area contributed by atoms with E-state index in [1.165, 1.54) is 16.7 Å². The zero-order chi connectivity index (χ0) is 23.6. The lowest BCUT2D eigenvalue weighted by atomic mass is 10.1. The van der Waals surface area contributed by atoms with Crippen molar-refractivity contribution in [2.45, 2.75) is 6.61 Å². The topological polar surface area (TPSA) is 64.4 Å². The highest BCUT2D eigenvalue weighted by atomic mass is 32.1. The Morgan fingerprint density at radius 1 is 0.886 bits per heavy atom. The Morgan fingerprint density at radius 3 is 2.54 bits per heavy atom. The van der Waals surface area contributed by atoms with E-state index in [4.69, 9.17) is 9.15 Å². The molecule has 0 saturated heterocycles. The lowest BCUT2D eigenvalue weighted by Crippen LogP contribution is -2.13. The number of ether oxygens (including phenoxy) is 1. The molecular formula is C29H20N2O3S. The summed E-state index contributed by atoms with van der Waals surface area (Å²) < 4.78 is 11.9. The van der Waals surface area contributed by atoms with Crippen LogP contribution in [0, 0.1) is 0 Å². The number of amides is 1. The zero-order valence-electron chi connectivity index (χ0n) is 18.6. The SMILES string of the molecule is O=C(Nc1nc(-c2ccc3ccccc3c2)cs1)c1oc2ccccc2c1COc1ccccc1. The molecule has 0 bridgehead atoms. The highest BCUT2D eigenvalue weighted by molar-refractivity contribution is 7.14. The van der Waals surface area contributed by atoms with E-state index >= 15 is 0 Å². The third kappa shape index (κ3) is 4.27. The van der Waals surface area contributed by atoms with Crippen LogP contribution < -0.4 is 10.1 Å². The number of carbonyl (C=O) groups is 1. The number of furan rings is 1. The number of nitrogens with one attached hydrogen (secondary N) is 1. The molecule has 0 aliphatic heterocycles. The van der Waals surface area contributed by atoms with Crippen LogP contribution in [0.4, 0.5) is 5.13 Å². The van der Waals surface area contributed by atoms with Gasteiger partial charge in [-0.1, -0.05) is 72.8 Å². The van der Waals surface area contributed by atoms with Crippen molar-refractivity contribution < 1.29 is 13.9 Å². The highest BCUT2D eigenvalue weighted by Crippen LogP contribution is 2.30. The number of aromatic nitrogens is 1. The number of nitrogens with zero attached hydrogens (tertiary/aromatic N) is 1. The molecule has 170 valence electrons. The number of fused-ring (bicyclic) bond motifs is 2. The first-order valence-corrected chi connectivity index (χ1v) is 12.1. The van der Waals surface area contributed by atoms with Gasteiger partial charge >= 0.3 is 0 Å². The molecule has 2 heterocycles. The van der Waals surface area contributed by atoms with E-state index < -0.39 is 0 Å². The summed E-state index contributed by atoms with van der Waals surface area (Å²) in [7, 11) is 0. The lowest BCUT2D eigenvalue weighted by Gasteiger charge is -2.07. The van der Waals surface area contributed by atoms with Crippen molar-refractivity contribution in [3.05, 3.63) is 114 Å². The molecule has 0 atom stereocenters. The molecule has 0 aliphatic rings. The molecule has 0 fully saturated rings.